The van der Waals surface area contributed by atoms with Crippen molar-refractivity contribution in [3.05, 3.63) is 58.2 Å². The molecule has 3 nitrogen and oxygen atoms in total. The third-order valence-corrected chi connectivity index (χ3v) is 3.88. The van der Waals surface area contributed by atoms with Crippen molar-refractivity contribution >= 4 is 34.2 Å². The third-order valence-electron chi connectivity index (χ3n) is 3.34. The average molecular weight is 324 g/mol. The molecule has 1 unspecified atom stereocenters. The maximum absolute atomic E-state index is 6.12. The molecule has 3 rings (SSSR count). The van der Waals surface area contributed by atoms with Gasteiger partial charge in [-0.15, -0.1) is 0 Å². The Morgan fingerprint density at radius 3 is 2.76 bits per heavy atom. The lowest BCUT2D eigenvalue weighted by atomic mass is 10.1. The summed E-state index contributed by atoms with van der Waals surface area (Å²) in [5.41, 5.74) is 1.67. The van der Waals surface area contributed by atoms with E-state index in [0.29, 0.717) is 10.2 Å². The normalized spacial score (nSPS) is 12.9. The first-order valence-corrected chi connectivity index (χ1v) is 7.60. The molecule has 0 aliphatic rings. The summed E-state index contributed by atoms with van der Waals surface area (Å²) in [6.07, 6.45) is 2.59. The van der Waals surface area contributed by atoms with Crippen LogP contribution in [0.25, 0.3) is 11.0 Å². The summed E-state index contributed by atoms with van der Waals surface area (Å²) in [6.45, 7) is 2.96. The van der Waals surface area contributed by atoms with Gasteiger partial charge in [0.15, 0.2) is 5.22 Å². The first-order chi connectivity index (χ1) is 10.2. The molecule has 1 atom stereocenters. The van der Waals surface area contributed by atoms with Crippen LogP contribution < -0.4 is 5.32 Å². The maximum atomic E-state index is 6.12. The van der Waals surface area contributed by atoms with Gasteiger partial charge in [-0.1, -0.05) is 18.5 Å². The Morgan fingerprint density at radius 1 is 1.19 bits per heavy atom. The predicted octanol–water partition coefficient (Wildman–Crippen LogP) is 5.42. The van der Waals surface area contributed by atoms with Gasteiger partial charge in [0.1, 0.15) is 11.3 Å². The standard InChI is InChI=1S/C16H15Cl2NO2/c1-2-6-19-15(12-5-7-20-16(12)18)14-9-10-8-11(17)3-4-13(10)21-14/h3-5,7-9,15,19H,2,6H2,1H3. The highest BCUT2D eigenvalue weighted by molar-refractivity contribution is 6.31. The molecule has 0 aliphatic carbocycles. The van der Waals surface area contributed by atoms with Crippen LogP contribution >= 0.6 is 23.2 Å². The Hall–Kier alpha value is -1.42. The number of nitrogens with one attached hydrogen (secondary N) is 1. The molecule has 0 aliphatic heterocycles. The summed E-state index contributed by atoms with van der Waals surface area (Å²) < 4.78 is 11.1. The van der Waals surface area contributed by atoms with Crippen LogP contribution in [0.5, 0.6) is 0 Å². The van der Waals surface area contributed by atoms with Gasteiger partial charge in [-0.25, -0.2) is 0 Å². The number of rotatable bonds is 5. The molecular formula is C16H15Cl2NO2. The second kappa shape index (κ2) is 6.14. The van der Waals surface area contributed by atoms with E-state index in [1.54, 1.807) is 6.26 Å². The number of fused-ring (bicyclic) bond motifs is 1. The maximum Gasteiger partial charge on any atom is 0.198 e. The van der Waals surface area contributed by atoms with Gasteiger partial charge in [0.25, 0.3) is 0 Å². The van der Waals surface area contributed by atoms with Gasteiger partial charge in [-0.2, -0.15) is 0 Å². The lowest BCUT2D eigenvalue weighted by Crippen LogP contribution is -2.22. The number of benzene rings is 1. The fourth-order valence-corrected chi connectivity index (χ4v) is 2.74. The van der Waals surface area contributed by atoms with E-state index < -0.39 is 0 Å². The summed E-state index contributed by atoms with van der Waals surface area (Å²) >= 11 is 12.1. The molecule has 1 aromatic carbocycles. The van der Waals surface area contributed by atoms with Gasteiger partial charge >= 0.3 is 0 Å². The highest BCUT2D eigenvalue weighted by Gasteiger charge is 2.22. The quantitative estimate of drug-likeness (QED) is 0.681. The lowest BCUT2D eigenvalue weighted by molar-refractivity contribution is 0.465. The minimum atomic E-state index is -0.137. The van der Waals surface area contributed by atoms with Gasteiger partial charge in [0.05, 0.1) is 12.3 Å². The molecule has 0 saturated heterocycles. The smallest absolute Gasteiger partial charge is 0.198 e. The van der Waals surface area contributed by atoms with Gasteiger partial charge in [0, 0.05) is 16.0 Å². The first-order valence-electron chi connectivity index (χ1n) is 6.84. The van der Waals surface area contributed by atoms with Crippen molar-refractivity contribution in [3.8, 4) is 0 Å². The molecule has 0 saturated carbocycles. The Kier molecular flexibility index (Phi) is 4.24. The average Bonchev–Trinajstić information content (AvgIpc) is 3.06. The van der Waals surface area contributed by atoms with Gasteiger partial charge in [-0.05, 0) is 54.9 Å². The number of hydrogen-bond acceptors (Lipinski definition) is 3. The molecule has 110 valence electrons. The van der Waals surface area contributed by atoms with Crippen molar-refractivity contribution in [2.45, 2.75) is 19.4 Å². The van der Waals surface area contributed by atoms with E-state index in [1.807, 2.05) is 30.3 Å². The van der Waals surface area contributed by atoms with E-state index in [-0.39, 0.29) is 6.04 Å². The topological polar surface area (TPSA) is 38.3 Å². The monoisotopic (exact) mass is 323 g/mol. The molecule has 0 spiro atoms. The largest absolute Gasteiger partial charge is 0.459 e. The second-order valence-corrected chi connectivity index (χ2v) is 5.65. The van der Waals surface area contributed by atoms with E-state index in [2.05, 4.69) is 12.2 Å². The van der Waals surface area contributed by atoms with Crippen LogP contribution in [0, 0.1) is 0 Å². The van der Waals surface area contributed by atoms with E-state index in [9.17, 15) is 0 Å². The van der Waals surface area contributed by atoms with E-state index in [1.165, 1.54) is 0 Å². The van der Waals surface area contributed by atoms with Crippen LogP contribution in [-0.2, 0) is 0 Å². The molecule has 0 amide bonds. The molecule has 5 heteroatoms. The van der Waals surface area contributed by atoms with Crippen LogP contribution in [0.1, 0.15) is 30.7 Å². The SMILES string of the molecule is CCCNC(c1cc2cc(Cl)ccc2o1)c1ccoc1Cl. The molecule has 2 heterocycles. The van der Waals surface area contributed by atoms with E-state index in [4.69, 9.17) is 32.0 Å². The summed E-state index contributed by atoms with van der Waals surface area (Å²) in [4.78, 5) is 0. The van der Waals surface area contributed by atoms with Crippen molar-refractivity contribution in [2.75, 3.05) is 6.54 Å². The summed E-state index contributed by atoms with van der Waals surface area (Å²) in [7, 11) is 0. The van der Waals surface area contributed by atoms with Crippen molar-refractivity contribution in [2.24, 2.45) is 0 Å². The van der Waals surface area contributed by atoms with Crippen molar-refractivity contribution in [3.63, 3.8) is 0 Å². The van der Waals surface area contributed by atoms with Crippen LogP contribution in [-0.4, -0.2) is 6.54 Å². The number of halogens is 2. The fourth-order valence-electron chi connectivity index (χ4n) is 2.34. The Bertz CT molecular complexity index is 748. The van der Waals surface area contributed by atoms with E-state index in [0.717, 1.165) is 35.3 Å². The minimum absolute atomic E-state index is 0.137. The molecule has 0 radical (unpaired) electrons. The summed E-state index contributed by atoms with van der Waals surface area (Å²) in [6, 6.07) is 9.28. The highest BCUT2D eigenvalue weighted by Crippen LogP contribution is 2.33. The second-order valence-electron chi connectivity index (χ2n) is 4.87. The van der Waals surface area contributed by atoms with Crippen LogP contribution in [0.3, 0.4) is 0 Å². The molecular weight excluding hydrogens is 309 g/mol. The molecule has 0 bridgehead atoms. The third kappa shape index (κ3) is 2.95. The molecule has 3 aromatic rings. The zero-order valence-corrected chi connectivity index (χ0v) is 13.0. The summed E-state index contributed by atoms with van der Waals surface area (Å²) in [5.74, 6) is 0.795. The molecule has 0 fully saturated rings. The minimum Gasteiger partial charge on any atom is -0.459 e. The Labute approximate surface area is 132 Å². The zero-order valence-electron chi connectivity index (χ0n) is 11.5. The van der Waals surface area contributed by atoms with Crippen LogP contribution in [0.15, 0.2) is 45.4 Å². The number of furan rings is 2. The highest BCUT2D eigenvalue weighted by atomic mass is 35.5. The molecule has 2 aromatic heterocycles. The van der Waals surface area contributed by atoms with E-state index >= 15 is 0 Å². The van der Waals surface area contributed by atoms with Gasteiger partial charge in [-0.3, -0.25) is 0 Å². The van der Waals surface area contributed by atoms with Crippen LogP contribution in [0.4, 0.5) is 0 Å². The van der Waals surface area contributed by atoms with Crippen molar-refractivity contribution in [1.82, 2.24) is 5.32 Å². The summed E-state index contributed by atoms with van der Waals surface area (Å²) in [5, 5.41) is 5.47. The van der Waals surface area contributed by atoms with Crippen molar-refractivity contribution < 1.29 is 8.83 Å². The van der Waals surface area contributed by atoms with Crippen molar-refractivity contribution in [1.29, 1.82) is 0 Å². The molecule has 1 N–H and O–H groups in total. The van der Waals surface area contributed by atoms with Gasteiger partial charge in [0.2, 0.25) is 0 Å². The Morgan fingerprint density at radius 2 is 2.05 bits per heavy atom. The Balaban J connectivity index is 2.03. The molecule has 21 heavy (non-hydrogen) atoms. The number of hydrogen-bond donors (Lipinski definition) is 1. The fraction of sp³-hybridized carbons (Fsp3) is 0.250. The van der Waals surface area contributed by atoms with Gasteiger partial charge < -0.3 is 14.2 Å². The first kappa shape index (κ1) is 14.5. The van der Waals surface area contributed by atoms with Crippen LogP contribution in [0.2, 0.25) is 10.2 Å². The predicted molar refractivity (Wildman–Crippen MR) is 85.1 cm³/mol. The zero-order chi connectivity index (χ0) is 14.8. The lowest BCUT2D eigenvalue weighted by Gasteiger charge is -2.14.